The fourth-order valence-corrected chi connectivity index (χ4v) is 9.74. The second-order valence-corrected chi connectivity index (χ2v) is 16.0. The fourth-order valence-electron chi connectivity index (χ4n) is 9.74. The van der Waals surface area contributed by atoms with Crippen molar-refractivity contribution in [2.75, 3.05) is 33.0 Å². The maximum Gasteiger partial charge on any atom is 0.375 e. The Hall–Kier alpha value is -4.36. The van der Waals surface area contributed by atoms with Gasteiger partial charge in [-0.05, 0) is 86.8 Å². The smallest absolute Gasteiger partial charge is 0.375 e. The summed E-state index contributed by atoms with van der Waals surface area (Å²) in [5, 5.41) is 46.2. The van der Waals surface area contributed by atoms with Gasteiger partial charge < -0.3 is 39.4 Å². The second kappa shape index (κ2) is 14.9. The zero-order valence-electron chi connectivity index (χ0n) is 31.4. The molecule has 292 valence electrons. The summed E-state index contributed by atoms with van der Waals surface area (Å²) in [6.45, 7) is 2.81. The maximum atomic E-state index is 14.3. The van der Waals surface area contributed by atoms with E-state index in [2.05, 4.69) is 4.99 Å². The third-order valence-electron chi connectivity index (χ3n) is 12.8. The molecule has 55 heavy (non-hydrogen) atoms. The molecule has 6 aliphatic rings. The summed E-state index contributed by atoms with van der Waals surface area (Å²) < 4.78 is 25.1. The Bertz CT molecular complexity index is 2130. The van der Waals surface area contributed by atoms with Gasteiger partial charge in [0.1, 0.15) is 34.7 Å². The lowest BCUT2D eigenvalue weighted by molar-refractivity contribution is -0.141. The van der Waals surface area contributed by atoms with Crippen LogP contribution in [0, 0.1) is 17.8 Å². The number of ether oxygens (including phenoxy) is 4. The van der Waals surface area contributed by atoms with Gasteiger partial charge in [-0.1, -0.05) is 24.5 Å². The van der Waals surface area contributed by atoms with Crippen LogP contribution in [0.1, 0.15) is 92.5 Å². The van der Waals surface area contributed by atoms with E-state index in [1.807, 2.05) is 18.2 Å². The number of hydrogen-bond acceptors (Lipinski definition) is 12. The van der Waals surface area contributed by atoms with Crippen LogP contribution in [-0.2, 0) is 38.6 Å². The quantitative estimate of drug-likeness (QED) is 0.230. The van der Waals surface area contributed by atoms with E-state index in [1.165, 1.54) is 0 Å². The van der Waals surface area contributed by atoms with Crippen molar-refractivity contribution in [2.24, 2.45) is 22.7 Å². The molecule has 2 aromatic carbocycles. The molecule has 0 spiro atoms. The van der Waals surface area contributed by atoms with Gasteiger partial charge >= 0.3 is 5.97 Å². The highest BCUT2D eigenvalue weighted by Gasteiger charge is 2.49. The van der Waals surface area contributed by atoms with E-state index < -0.39 is 42.7 Å². The van der Waals surface area contributed by atoms with Gasteiger partial charge in [-0.3, -0.25) is 14.6 Å². The SMILES string of the molecule is CCOC(=O)C1=C(C=O)/C2=C3\C[C@@H](CO)C(=O)[C@H](C3)c3cc4c(cc3CC[C@@H](CO)COc3c5c(c(CO)c(c32)O1)O[C@H]([C@@](C)(O)C1CCCC1)C5)=NCC=4. The van der Waals surface area contributed by atoms with E-state index in [4.69, 9.17) is 18.9 Å². The number of carbonyl (C=O) groups is 3. The minimum Gasteiger partial charge on any atom is -0.492 e. The van der Waals surface area contributed by atoms with E-state index in [9.17, 15) is 34.8 Å². The van der Waals surface area contributed by atoms with Crippen molar-refractivity contribution in [3.63, 3.8) is 0 Å². The lowest BCUT2D eigenvalue weighted by atomic mass is 9.70. The number of hydrogen-bond donors (Lipinski definition) is 4. The zero-order chi connectivity index (χ0) is 38.6. The van der Waals surface area contributed by atoms with Gasteiger partial charge in [0.25, 0.3) is 0 Å². The first kappa shape index (κ1) is 37.6. The number of carbonyl (C=O) groups excluding carboxylic acids is 3. The minimum atomic E-state index is -1.22. The van der Waals surface area contributed by atoms with Crippen LogP contribution in [0.3, 0.4) is 0 Å². The van der Waals surface area contributed by atoms with Gasteiger partial charge in [0.15, 0.2) is 6.29 Å². The Labute approximate surface area is 319 Å². The molecule has 2 saturated carbocycles. The number of Topliss-reactive ketones (excluding diaryl/α,β-unsaturated/α-hetero) is 1. The molecule has 4 aliphatic heterocycles. The molecule has 0 amide bonds. The predicted molar refractivity (Wildman–Crippen MR) is 199 cm³/mol. The van der Waals surface area contributed by atoms with E-state index >= 15 is 0 Å². The number of aldehydes is 1. The van der Waals surface area contributed by atoms with Crippen molar-refractivity contribution in [2.45, 2.75) is 95.9 Å². The Kier molecular flexibility index (Phi) is 10.2. The zero-order valence-corrected chi connectivity index (χ0v) is 31.4. The number of aryl methyl sites for hydroxylation is 1. The Morgan fingerprint density at radius 3 is 2.56 bits per heavy atom. The Balaban J connectivity index is 1.41. The highest BCUT2D eigenvalue weighted by molar-refractivity contribution is 6.11. The Morgan fingerprint density at radius 2 is 1.85 bits per heavy atom. The van der Waals surface area contributed by atoms with Crippen LogP contribution in [0.15, 0.2) is 34.0 Å². The molecule has 5 atom stereocenters. The van der Waals surface area contributed by atoms with Crippen LogP contribution in [0.4, 0.5) is 0 Å². The van der Waals surface area contributed by atoms with Crippen LogP contribution in [0.2, 0.25) is 0 Å². The monoisotopic (exact) mass is 755 g/mol. The first-order valence-corrected chi connectivity index (χ1v) is 19.7. The van der Waals surface area contributed by atoms with Crippen LogP contribution in [0.25, 0.3) is 11.6 Å². The van der Waals surface area contributed by atoms with Crippen molar-refractivity contribution < 1.29 is 53.8 Å². The number of allylic oxidation sites excluding steroid dienone is 3. The summed E-state index contributed by atoms with van der Waals surface area (Å²) in [6, 6.07) is 4.01. The summed E-state index contributed by atoms with van der Waals surface area (Å²) in [5.74, 6) is -2.64. The second-order valence-electron chi connectivity index (χ2n) is 16.0. The topological polar surface area (TPSA) is 181 Å². The predicted octanol–water partition coefficient (Wildman–Crippen LogP) is 2.69. The lowest BCUT2D eigenvalue weighted by Gasteiger charge is -2.35. The normalized spacial score (nSPS) is 26.9. The average molecular weight is 756 g/mol. The molecule has 8 rings (SSSR count). The first-order chi connectivity index (χ1) is 26.6. The van der Waals surface area contributed by atoms with Gasteiger partial charge in [-0.25, -0.2) is 4.79 Å². The summed E-state index contributed by atoms with van der Waals surface area (Å²) >= 11 is 0. The molecule has 0 unspecified atom stereocenters. The van der Waals surface area contributed by atoms with Crippen LogP contribution in [-0.4, -0.2) is 83.1 Å². The molecular formula is C43H49NO11. The molecule has 2 fully saturated rings. The highest BCUT2D eigenvalue weighted by atomic mass is 16.6. The molecule has 12 heteroatoms. The van der Waals surface area contributed by atoms with Crippen molar-refractivity contribution in [3.8, 4) is 17.2 Å². The molecule has 2 bridgehead atoms. The highest BCUT2D eigenvalue weighted by Crippen LogP contribution is 2.57. The van der Waals surface area contributed by atoms with Crippen molar-refractivity contribution >= 4 is 29.7 Å². The standard InChI is InChI=1S/C43H49NO11/c1-3-52-42(50)41-31(19-47)35-25-12-26(18-46)37(49)29(14-25)28-13-24-10-11-44-33(24)15-23(28)9-8-22(17-45)21-53-39-30-16-34(43(2,51)27-6-4-5-7-27)54-38(30)32(20-48)40(55-41)36(35)39/h10,13,15,19,22,26-27,29,34,45-46,48,51H,3-9,11-12,14,16-18,20-21H2,1-2H3/b35-25-/t22-,26-,29+,34-,43-/m0/s1. The number of aliphatic hydroxyl groups is 4. The molecular weight excluding hydrogens is 706 g/mol. The number of fused-ring (bicyclic) bond motifs is 7. The van der Waals surface area contributed by atoms with E-state index in [0.717, 1.165) is 47.4 Å². The van der Waals surface area contributed by atoms with Crippen LogP contribution in [0.5, 0.6) is 17.2 Å². The molecule has 0 aromatic heterocycles. The van der Waals surface area contributed by atoms with Crippen molar-refractivity contribution in [3.05, 3.63) is 67.4 Å². The average Bonchev–Trinajstić information content (AvgIpc) is 3.99. The number of nitrogens with zero attached hydrogens (tertiary/aromatic N) is 1. The summed E-state index contributed by atoms with van der Waals surface area (Å²) in [6.07, 6.45) is 7.10. The Morgan fingerprint density at radius 1 is 1.05 bits per heavy atom. The molecule has 2 aliphatic carbocycles. The third-order valence-corrected chi connectivity index (χ3v) is 12.8. The van der Waals surface area contributed by atoms with Gasteiger partial charge in [0.2, 0.25) is 5.76 Å². The third kappa shape index (κ3) is 6.31. The molecule has 12 nitrogen and oxygen atoms in total. The van der Waals surface area contributed by atoms with Gasteiger partial charge in [-0.2, -0.15) is 0 Å². The van der Waals surface area contributed by atoms with Gasteiger partial charge in [0, 0.05) is 41.9 Å². The number of ketones is 1. The molecule has 0 saturated heterocycles. The summed E-state index contributed by atoms with van der Waals surface area (Å²) in [4.78, 5) is 46.0. The van der Waals surface area contributed by atoms with E-state index in [-0.39, 0.29) is 85.1 Å². The first-order valence-electron chi connectivity index (χ1n) is 19.7. The fraction of sp³-hybridized carbons (Fsp3) is 0.535. The lowest BCUT2D eigenvalue weighted by Crippen LogP contribution is -2.47. The largest absolute Gasteiger partial charge is 0.492 e. The summed E-state index contributed by atoms with van der Waals surface area (Å²) in [5.41, 5.74) is 2.46. The number of esters is 1. The van der Waals surface area contributed by atoms with E-state index in [0.29, 0.717) is 53.7 Å². The van der Waals surface area contributed by atoms with Crippen LogP contribution >= 0.6 is 0 Å². The van der Waals surface area contributed by atoms with Crippen molar-refractivity contribution in [1.82, 2.24) is 0 Å². The van der Waals surface area contributed by atoms with Crippen LogP contribution < -0.4 is 24.8 Å². The number of benzene rings is 2. The molecule has 0 radical (unpaired) electrons. The van der Waals surface area contributed by atoms with Gasteiger partial charge in [-0.15, -0.1) is 0 Å². The molecule has 4 N–H and O–H groups in total. The number of rotatable bonds is 8. The van der Waals surface area contributed by atoms with Gasteiger partial charge in [0.05, 0.1) is 55.0 Å². The minimum absolute atomic E-state index is 0.000835. The van der Waals surface area contributed by atoms with Crippen molar-refractivity contribution in [1.29, 1.82) is 0 Å². The summed E-state index contributed by atoms with van der Waals surface area (Å²) in [7, 11) is 0. The maximum absolute atomic E-state index is 14.3. The molecule has 4 heterocycles. The van der Waals surface area contributed by atoms with E-state index in [1.54, 1.807) is 13.8 Å². The molecule has 2 aromatic rings. The number of aliphatic hydroxyl groups excluding tert-OH is 3.